The number of nitrogens with zero attached hydrogens (tertiary/aromatic N) is 1. The summed E-state index contributed by atoms with van der Waals surface area (Å²) in [5, 5.41) is 0. The highest BCUT2D eigenvalue weighted by Crippen LogP contribution is 2.24. The lowest BCUT2D eigenvalue weighted by molar-refractivity contribution is 0.338. The smallest absolute Gasteiger partial charge is 0.122 e. The summed E-state index contributed by atoms with van der Waals surface area (Å²) in [6, 6.07) is 6.85. The zero-order valence-electron chi connectivity index (χ0n) is 10.4. The summed E-state index contributed by atoms with van der Waals surface area (Å²) in [5.41, 5.74) is 2.44. The Morgan fingerprint density at radius 1 is 1.33 bits per heavy atom. The lowest BCUT2D eigenvalue weighted by Crippen LogP contribution is -2.25. The van der Waals surface area contributed by atoms with E-state index in [0.29, 0.717) is 6.04 Å². The monoisotopic (exact) mass is 207 g/mol. The van der Waals surface area contributed by atoms with Crippen LogP contribution in [-0.2, 0) is 0 Å². The molecule has 1 aromatic rings. The van der Waals surface area contributed by atoms with Crippen molar-refractivity contribution >= 4 is 5.69 Å². The van der Waals surface area contributed by atoms with Crippen molar-refractivity contribution in [2.24, 2.45) is 0 Å². The summed E-state index contributed by atoms with van der Waals surface area (Å²) in [6.45, 7) is 9.19. The average molecular weight is 207 g/mol. The Kier molecular flexibility index (Phi) is 4.01. The van der Waals surface area contributed by atoms with E-state index in [1.165, 1.54) is 11.3 Å². The van der Waals surface area contributed by atoms with E-state index in [1.54, 1.807) is 0 Å². The van der Waals surface area contributed by atoms with Gasteiger partial charge in [0, 0.05) is 18.8 Å². The van der Waals surface area contributed by atoms with Crippen LogP contribution in [0.5, 0.6) is 5.75 Å². The molecular weight excluding hydrogens is 186 g/mol. The van der Waals surface area contributed by atoms with E-state index >= 15 is 0 Å². The number of ether oxygens (including phenoxy) is 1. The largest absolute Gasteiger partial charge is 0.494 e. The second kappa shape index (κ2) is 5.06. The van der Waals surface area contributed by atoms with Gasteiger partial charge in [-0.25, -0.2) is 0 Å². The Balaban J connectivity index is 2.90. The highest BCUT2D eigenvalue weighted by Gasteiger charge is 2.06. The van der Waals surface area contributed by atoms with Crippen LogP contribution in [-0.4, -0.2) is 19.7 Å². The minimum atomic E-state index is 0.516. The predicted octanol–water partition coefficient (Wildman–Crippen LogP) is 3.24. The SMILES string of the molecule is CCOc1ccc(N(C)C(C)C)cc1C. The fourth-order valence-electron chi connectivity index (χ4n) is 1.47. The molecule has 0 amide bonds. The van der Waals surface area contributed by atoms with E-state index in [-0.39, 0.29) is 0 Å². The van der Waals surface area contributed by atoms with E-state index in [9.17, 15) is 0 Å². The third-order valence-electron chi connectivity index (χ3n) is 2.64. The van der Waals surface area contributed by atoms with Crippen molar-refractivity contribution in [3.05, 3.63) is 23.8 Å². The molecule has 2 heteroatoms. The molecular formula is C13H21NO. The molecule has 0 saturated heterocycles. The van der Waals surface area contributed by atoms with Gasteiger partial charge in [0.15, 0.2) is 0 Å². The van der Waals surface area contributed by atoms with Crippen molar-refractivity contribution in [2.75, 3.05) is 18.6 Å². The molecule has 0 N–H and O–H groups in total. The van der Waals surface area contributed by atoms with Gasteiger partial charge >= 0.3 is 0 Å². The number of hydrogen-bond acceptors (Lipinski definition) is 2. The predicted molar refractivity (Wildman–Crippen MR) is 65.9 cm³/mol. The lowest BCUT2D eigenvalue weighted by atomic mass is 10.1. The van der Waals surface area contributed by atoms with E-state index in [0.717, 1.165) is 12.4 Å². The molecule has 0 aliphatic heterocycles. The molecule has 0 atom stereocenters. The molecule has 0 radical (unpaired) electrons. The number of rotatable bonds is 4. The van der Waals surface area contributed by atoms with Gasteiger partial charge in [0.25, 0.3) is 0 Å². The summed E-state index contributed by atoms with van der Waals surface area (Å²) < 4.78 is 5.51. The molecule has 1 rings (SSSR count). The zero-order valence-corrected chi connectivity index (χ0v) is 10.4. The van der Waals surface area contributed by atoms with Crippen LogP contribution in [0.25, 0.3) is 0 Å². The van der Waals surface area contributed by atoms with Crippen LogP contribution < -0.4 is 9.64 Å². The normalized spacial score (nSPS) is 10.5. The fraction of sp³-hybridized carbons (Fsp3) is 0.538. The Labute approximate surface area is 92.9 Å². The molecule has 84 valence electrons. The van der Waals surface area contributed by atoms with Gasteiger partial charge in [-0.3, -0.25) is 0 Å². The number of benzene rings is 1. The maximum atomic E-state index is 5.51. The molecule has 15 heavy (non-hydrogen) atoms. The quantitative estimate of drug-likeness (QED) is 0.751. The third-order valence-corrected chi connectivity index (χ3v) is 2.64. The fourth-order valence-corrected chi connectivity index (χ4v) is 1.47. The summed E-state index contributed by atoms with van der Waals surface area (Å²) in [7, 11) is 2.11. The maximum absolute atomic E-state index is 5.51. The molecule has 1 aromatic carbocycles. The molecule has 0 saturated carbocycles. The van der Waals surface area contributed by atoms with Crippen LogP contribution in [0, 0.1) is 6.92 Å². The minimum Gasteiger partial charge on any atom is -0.494 e. The Hall–Kier alpha value is -1.18. The molecule has 0 aliphatic rings. The van der Waals surface area contributed by atoms with Crippen molar-refractivity contribution < 1.29 is 4.74 Å². The zero-order chi connectivity index (χ0) is 11.4. The second-order valence-corrected chi connectivity index (χ2v) is 4.09. The van der Waals surface area contributed by atoms with Crippen molar-refractivity contribution in [1.29, 1.82) is 0 Å². The lowest BCUT2D eigenvalue weighted by Gasteiger charge is -2.24. The van der Waals surface area contributed by atoms with Crippen molar-refractivity contribution in [1.82, 2.24) is 0 Å². The highest BCUT2D eigenvalue weighted by molar-refractivity contribution is 5.52. The molecule has 0 fully saturated rings. The van der Waals surface area contributed by atoms with Crippen LogP contribution in [0.2, 0.25) is 0 Å². The Morgan fingerprint density at radius 2 is 2.00 bits per heavy atom. The van der Waals surface area contributed by atoms with Crippen LogP contribution >= 0.6 is 0 Å². The van der Waals surface area contributed by atoms with Gasteiger partial charge in [-0.1, -0.05) is 0 Å². The summed E-state index contributed by atoms with van der Waals surface area (Å²) in [4.78, 5) is 2.25. The second-order valence-electron chi connectivity index (χ2n) is 4.09. The first-order valence-electron chi connectivity index (χ1n) is 5.52. The van der Waals surface area contributed by atoms with Gasteiger partial charge < -0.3 is 9.64 Å². The molecule has 0 heterocycles. The maximum Gasteiger partial charge on any atom is 0.122 e. The first kappa shape index (κ1) is 11.9. The van der Waals surface area contributed by atoms with E-state index in [4.69, 9.17) is 4.74 Å². The number of anilines is 1. The molecule has 0 bridgehead atoms. The molecule has 0 aliphatic carbocycles. The molecule has 0 spiro atoms. The summed E-state index contributed by atoms with van der Waals surface area (Å²) >= 11 is 0. The number of aryl methyl sites for hydroxylation is 1. The first-order valence-corrected chi connectivity index (χ1v) is 5.52. The van der Waals surface area contributed by atoms with Crippen molar-refractivity contribution in [3.8, 4) is 5.75 Å². The highest BCUT2D eigenvalue weighted by atomic mass is 16.5. The number of hydrogen-bond donors (Lipinski definition) is 0. The molecule has 0 aromatic heterocycles. The van der Waals surface area contributed by atoms with E-state index in [2.05, 4.69) is 44.9 Å². The van der Waals surface area contributed by atoms with Gasteiger partial charge in [0.05, 0.1) is 6.61 Å². The molecule has 0 unspecified atom stereocenters. The van der Waals surface area contributed by atoms with Crippen molar-refractivity contribution in [2.45, 2.75) is 33.7 Å². The van der Waals surface area contributed by atoms with Crippen LogP contribution in [0.4, 0.5) is 5.69 Å². The summed E-state index contributed by atoms with van der Waals surface area (Å²) in [6.07, 6.45) is 0. The van der Waals surface area contributed by atoms with Gasteiger partial charge in [-0.2, -0.15) is 0 Å². The van der Waals surface area contributed by atoms with Crippen LogP contribution in [0.15, 0.2) is 18.2 Å². The standard InChI is InChI=1S/C13H21NO/c1-6-15-13-8-7-12(9-11(13)4)14(5)10(2)3/h7-10H,6H2,1-5H3. The molecule has 2 nitrogen and oxygen atoms in total. The minimum absolute atomic E-state index is 0.516. The van der Waals surface area contributed by atoms with E-state index in [1.807, 2.05) is 13.0 Å². The van der Waals surface area contributed by atoms with Gasteiger partial charge in [-0.05, 0) is 51.5 Å². The topological polar surface area (TPSA) is 12.5 Å². The Bertz CT molecular complexity index is 320. The van der Waals surface area contributed by atoms with Gasteiger partial charge in [-0.15, -0.1) is 0 Å². The van der Waals surface area contributed by atoms with E-state index < -0.39 is 0 Å². The average Bonchev–Trinajstić information content (AvgIpc) is 2.20. The van der Waals surface area contributed by atoms with Crippen molar-refractivity contribution in [3.63, 3.8) is 0 Å². The van der Waals surface area contributed by atoms with Crippen LogP contribution in [0.1, 0.15) is 26.3 Å². The Morgan fingerprint density at radius 3 is 2.47 bits per heavy atom. The van der Waals surface area contributed by atoms with Gasteiger partial charge in [0.1, 0.15) is 5.75 Å². The van der Waals surface area contributed by atoms with Crippen LogP contribution in [0.3, 0.4) is 0 Å². The first-order chi connectivity index (χ1) is 7.06. The summed E-state index contributed by atoms with van der Waals surface area (Å²) in [5.74, 6) is 0.985. The van der Waals surface area contributed by atoms with Gasteiger partial charge in [0.2, 0.25) is 0 Å². The third kappa shape index (κ3) is 2.88.